The summed E-state index contributed by atoms with van der Waals surface area (Å²) in [7, 11) is 2.18. The Morgan fingerprint density at radius 3 is 2.63 bits per heavy atom. The van der Waals surface area contributed by atoms with E-state index < -0.39 is 0 Å². The van der Waals surface area contributed by atoms with E-state index >= 15 is 0 Å². The Hall–Kier alpha value is -0.810. The molecule has 1 aromatic carbocycles. The largest absolute Gasteiger partial charge is 0.328 e. The molecule has 0 atom stereocenters. The summed E-state index contributed by atoms with van der Waals surface area (Å²) < 4.78 is 0. The minimum Gasteiger partial charge on any atom is -0.328 e. The Labute approximate surface area is 123 Å². The molecular formula is C13H19Cl2N3O+2. The van der Waals surface area contributed by atoms with Crippen molar-refractivity contribution >= 4 is 34.8 Å². The molecule has 19 heavy (non-hydrogen) atoms. The van der Waals surface area contributed by atoms with E-state index in [0.717, 1.165) is 26.2 Å². The van der Waals surface area contributed by atoms with Crippen LogP contribution < -0.4 is 15.1 Å². The molecule has 0 aliphatic carbocycles. The number of likely N-dealkylation sites (N-methyl/N-ethyl adjacent to an activating group) is 1. The summed E-state index contributed by atoms with van der Waals surface area (Å²) in [5, 5.41) is 3.68. The number of carbonyl (C=O) groups is 1. The van der Waals surface area contributed by atoms with Crippen molar-refractivity contribution in [1.82, 2.24) is 0 Å². The zero-order valence-corrected chi connectivity index (χ0v) is 12.4. The van der Waals surface area contributed by atoms with Crippen LogP contribution in [0.4, 0.5) is 5.69 Å². The van der Waals surface area contributed by atoms with Crippen LogP contribution in [-0.4, -0.2) is 45.7 Å². The molecule has 2 rings (SSSR count). The maximum Gasteiger partial charge on any atom is 0.279 e. The molecule has 104 valence electrons. The van der Waals surface area contributed by atoms with E-state index in [9.17, 15) is 4.79 Å². The van der Waals surface area contributed by atoms with Gasteiger partial charge in [-0.25, -0.2) is 0 Å². The molecule has 0 spiro atoms. The second kappa shape index (κ2) is 6.57. The summed E-state index contributed by atoms with van der Waals surface area (Å²) in [5.41, 5.74) is 0.582. The highest BCUT2D eigenvalue weighted by atomic mass is 35.5. The summed E-state index contributed by atoms with van der Waals surface area (Å²) in [6, 6.07) is 5.24. The average Bonchev–Trinajstić information content (AvgIpc) is 2.38. The van der Waals surface area contributed by atoms with E-state index in [1.807, 2.05) is 0 Å². The molecule has 1 aliphatic rings. The maximum atomic E-state index is 12.0. The Morgan fingerprint density at radius 2 is 1.95 bits per heavy atom. The quantitative estimate of drug-likeness (QED) is 0.682. The van der Waals surface area contributed by atoms with E-state index in [0.29, 0.717) is 22.3 Å². The number of hydrogen-bond donors (Lipinski definition) is 3. The first-order valence-corrected chi connectivity index (χ1v) is 7.20. The molecule has 1 aliphatic heterocycles. The van der Waals surface area contributed by atoms with Crippen LogP contribution in [0.5, 0.6) is 0 Å². The predicted octanol–water partition coefficient (Wildman–Crippen LogP) is -0.655. The molecule has 0 aromatic heterocycles. The molecule has 0 unspecified atom stereocenters. The Balaban J connectivity index is 1.89. The lowest BCUT2D eigenvalue weighted by atomic mass is 10.3. The van der Waals surface area contributed by atoms with Crippen molar-refractivity contribution in [3.8, 4) is 0 Å². The lowest BCUT2D eigenvalue weighted by Gasteiger charge is -2.26. The molecule has 0 saturated carbocycles. The second-order valence-electron chi connectivity index (χ2n) is 5.03. The van der Waals surface area contributed by atoms with Gasteiger partial charge in [-0.3, -0.25) is 4.79 Å². The van der Waals surface area contributed by atoms with Gasteiger partial charge in [-0.1, -0.05) is 29.3 Å². The number of piperazine rings is 1. The van der Waals surface area contributed by atoms with Gasteiger partial charge < -0.3 is 15.1 Å². The number of amides is 1. The molecule has 0 bridgehead atoms. The van der Waals surface area contributed by atoms with Gasteiger partial charge in [-0.15, -0.1) is 0 Å². The summed E-state index contributed by atoms with van der Waals surface area (Å²) in [6.07, 6.45) is 0. The first-order chi connectivity index (χ1) is 9.06. The molecular weight excluding hydrogens is 285 g/mol. The van der Waals surface area contributed by atoms with Gasteiger partial charge in [0.2, 0.25) is 0 Å². The van der Waals surface area contributed by atoms with Crippen molar-refractivity contribution in [2.24, 2.45) is 0 Å². The van der Waals surface area contributed by atoms with E-state index in [4.69, 9.17) is 23.2 Å². The van der Waals surface area contributed by atoms with Gasteiger partial charge in [0, 0.05) is 0 Å². The summed E-state index contributed by atoms with van der Waals surface area (Å²) in [4.78, 5) is 14.8. The SMILES string of the molecule is C[NH+]1CC[NH+](CC(=O)Nc2cccc(Cl)c2Cl)CC1. The predicted molar refractivity (Wildman–Crippen MR) is 77.3 cm³/mol. The highest BCUT2D eigenvalue weighted by molar-refractivity contribution is 6.43. The number of quaternary nitrogens is 2. The van der Waals surface area contributed by atoms with E-state index in [1.165, 1.54) is 9.80 Å². The standard InChI is InChI=1S/C13H17Cl2N3O/c1-17-5-7-18(8-6-17)9-12(19)16-11-4-2-3-10(14)13(11)15/h2-4H,5-9H2,1H3,(H,16,19)/p+2. The Morgan fingerprint density at radius 1 is 1.26 bits per heavy atom. The molecule has 3 N–H and O–H groups in total. The smallest absolute Gasteiger partial charge is 0.279 e. The van der Waals surface area contributed by atoms with Crippen LogP contribution in [0, 0.1) is 0 Å². The second-order valence-corrected chi connectivity index (χ2v) is 5.82. The fraction of sp³-hybridized carbons (Fsp3) is 0.462. The highest BCUT2D eigenvalue weighted by Crippen LogP contribution is 2.29. The van der Waals surface area contributed by atoms with Gasteiger partial charge in [-0.05, 0) is 12.1 Å². The first-order valence-electron chi connectivity index (χ1n) is 6.45. The molecule has 4 nitrogen and oxygen atoms in total. The van der Waals surface area contributed by atoms with Gasteiger partial charge in [0.05, 0.1) is 22.8 Å². The third-order valence-corrected chi connectivity index (χ3v) is 4.27. The summed E-state index contributed by atoms with van der Waals surface area (Å²) in [5.74, 6) is -0.0151. The zero-order chi connectivity index (χ0) is 13.8. The Bertz CT molecular complexity index is 459. The number of hydrogen-bond acceptors (Lipinski definition) is 1. The van der Waals surface area contributed by atoms with E-state index in [1.54, 1.807) is 18.2 Å². The monoisotopic (exact) mass is 303 g/mol. The molecule has 0 radical (unpaired) electrons. The molecule has 1 amide bonds. The van der Waals surface area contributed by atoms with Crippen LogP contribution in [0.2, 0.25) is 10.0 Å². The number of nitrogens with one attached hydrogen (secondary N) is 3. The van der Waals surface area contributed by atoms with Gasteiger partial charge in [-0.2, -0.15) is 0 Å². The van der Waals surface area contributed by atoms with Crippen molar-refractivity contribution in [1.29, 1.82) is 0 Å². The van der Waals surface area contributed by atoms with E-state index in [2.05, 4.69) is 12.4 Å². The van der Waals surface area contributed by atoms with Crippen molar-refractivity contribution in [3.63, 3.8) is 0 Å². The van der Waals surface area contributed by atoms with E-state index in [-0.39, 0.29) is 5.91 Å². The Kier molecular flexibility index (Phi) is 5.05. The van der Waals surface area contributed by atoms with Gasteiger partial charge in [0.25, 0.3) is 5.91 Å². The lowest BCUT2D eigenvalue weighted by molar-refractivity contribution is -0.999. The minimum absolute atomic E-state index is 0.0151. The fourth-order valence-corrected chi connectivity index (χ4v) is 2.58. The number of halogens is 2. The maximum absolute atomic E-state index is 12.0. The van der Waals surface area contributed by atoms with Crippen LogP contribution in [-0.2, 0) is 4.79 Å². The third-order valence-electron chi connectivity index (χ3n) is 3.45. The normalized spacial score (nSPS) is 23.1. The van der Waals surface area contributed by atoms with Crippen molar-refractivity contribution in [2.75, 3.05) is 45.1 Å². The number of carbonyl (C=O) groups excluding carboxylic acids is 1. The highest BCUT2D eigenvalue weighted by Gasteiger charge is 2.22. The van der Waals surface area contributed by atoms with Gasteiger partial charge >= 0.3 is 0 Å². The first kappa shape index (κ1) is 14.6. The average molecular weight is 304 g/mol. The van der Waals surface area contributed by atoms with Crippen LogP contribution in [0.15, 0.2) is 18.2 Å². The van der Waals surface area contributed by atoms with Crippen molar-refractivity contribution < 1.29 is 14.6 Å². The van der Waals surface area contributed by atoms with Crippen LogP contribution in [0.25, 0.3) is 0 Å². The van der Waals surface area contributed by atoms with Crippen LogP contribution in [0.3, 0.4) is 0 Å². The molecule has 6 heteroatoms. The lowest BCUT2D eigenvalue weighted by Crippen LogP contribution is -3.27. The van der Waals surface area contributed by atoms with Crippen molar-refractivity contribution in [3.05, 3.63) is 28.2 Å². The molecule has 1 aromatic rings. The fourth-order valence-electron chi connectivity index (χ4n) is 2.23. The third kappa shape index (κ3) is 4.08. The van der Waals surface area contributed by atoms with Crippen LogP contribution in [0.1, 0.15) is 0 Å². The van der Waals surface area contributed by atoms with Gasteiger partial charge in [0.1, 0.15) is 26.2 Å². The zero-order valence-electron chi connectivity index (χ0n) is 10.9. The van der Waals surface area contributed by atoms with Crippen molar-refractivity contribution in [2.45, 2.75) is 0 Å². The summed E-state index contributed by atoms with van der Waals surface area (Å²) >= 11 is 12.0. The molecule has 1 heterocycles. The minimum atomic E-state index is -0.0151. The molecule has 1 saturated heterocycles. The number of benzene rings is 1. The molecule has 1 fully saturated rings. The number of anilines is 1. The van der Waals surface area contributed by atoms with Crippen LogP contribution >= 0.6 is 23.2 Å². The number of rotatable bonds is 3. The summed E-state index contributed by atoms with van der Waals surface area (Å²) in [6.45, 7) is 4.77. The van der Waals surface area contributed by atoms with Gasteiger partial charge in [0.15, 0.2) is 6.54 Å². The topological polar surface area (TPSA) is 38.0 Å².